The van der Waals surface area contributed by atoms with Gasteiger partial charge in [-0.05, 0) is 42.2 Å². The number of methoxy groups -OCH3 is 1. The highest BCUT2D eigenvalue weighted by Gasteiger charge is 2.28. The first-order valence-corrected chi connectivity index (χ1v) is 12.6. The average Bonchev–Trinajstić information content (AvgIpc) is 2.94. The van der Waals surface area contributed by atoms with Gasteiger partial charge in [0, 0.05) is 50.2 Å². The van der Waals surface area contributed by atoms with E-state index in [1.807, 2.05) is 53.4 Å². The molecule has 0 atom stereocenters. The smallest absolute Gasteiger partial charge is 0.254 e. The van der Waals surface area contributed by atoms with Crippen molar-refractivity contribution in [3.8, 4) is 11.3 Å². The SMILES string of the molecule is COCCCNC(=O)C1CCN(C(=O)c2cc(-c3cccc4ccccc34)nc3ccccc23)CC1. The Morgan fingerprint density at radius 1 is 0.972 bits per heavy atom. The van der Waals surface area contributed by atoms with Gasteiger partial charge in [0.05, 0.1) is 16.8 Å². The van der Waals surface area contributed by atoms with E-state index in [1.54, 1.807) is 7.11 Å². The van der Waals surface area contributed by atoms with E-state index in [9.17, 15) is 9.59 Å². The zero-order valence-corrected chi connectivity index (χ0v) is 20.6. The molecule has 0 aliphatic carbocycles. The summed E-state index contributed by atoms with van der Waals surface area (Å²) in [5, 5.41) is 6.10. The number of nitrogens with one attached hydrogen (secondary N) is 1. The van der Waals surface area contributed by atoms with Crippen LogP contribution in [0.15, 0.2) is 72.8 Å². The molecule has 1 fully saturated rings. The van der Waals surface area contributed by atoms with E-state index in [0.717, 1.165) is 39.4 Å². The van der Waals surface area contributed by atoms with Crippen LogP contribution in [0.4, 0.5) is 0 Å². The molecule has 2 heterocycles. The zero-order chi connectivity index (χ0) is 24.9. The molecule has 1 aliphatic heterocycles. The molecule has 2 amide bonds. The number of hydrogen-bond donors (Lipinski definition) is 1. The van der Waals surface area contributed by atoms with Gasteiger partial charge in [0.2, 0.25) is 5.91 Å². The summed E-state index contributed by atoms with van der Waals surface area (Å²) in [5.41, 5.74) is 3.26. The molecule has 6 nitrogen and oxygen atoms in total. The van der Waals surface area contributed by atoms with E-state index >= 15 is 0 Å². The van der Waals surface area contributed by atoms with Crippen molar-refractivity contribution in [2.75, 3.05) is 33.4 Å². The summed E-state index contributed by atoms with van der Waals surface area (Å²) in [4.78, 5) is 33.1. The Morgan fingerprint density at radius 2 is 1.69 bits per heavy atom. The van der Waals surface area contributed by atoms with Gasteiger partial charge in [0.15, 0.2) is 0 Å². The molecule has 36 heavy (non-hydrogen) atoms. The molecule has 0 radical (unpaired) electrons. The van der Waals surface area contributed by atoms with Crippen molar-refractivity contribution < 1.29 is 14.3 Å². The lowest BCUT2D eigenvalue weighted by Crippen LogP contribution is -2.43. The number of ether oxygens (including phenoxy) is 1. The molecular weight excluding hydrogens is 450 g/mol. The van der Waals surface area contributed by atoms with E-state index < -0.39 is 0 Å². The van der Waals surface area contributed by atoms with Gasteiger partial charge < -0.3 is 15.0 Å². The second kappa shape index (κ2) is 10.9. The predicted molar refractivity (Wildman–Crippen MR) is 143 cm³/mol. The minimum atomic E-state index is -0.0583. The van der Waals surface area contributed by atoms with Crippen molar-refractivity contribution in [3.05, 3.63) is 78.4 Å². The van der Waals surface area contributed by atoms with E-state index in [4.69, 9.17) is 9.72 Å². The largest absolute Gasteiger partial charge is 0.385 e. The minimum Gasteiger partial charge on any atom is -0.385 e. The summed E-state index contributed by atoms with van der Waals surface area (Å²) in [6.07, 6.45) is 2.13. The number of carbonyl (C=O) groups excluding carboxylic acids is 2. The molecule has 3 aromatic carbocycles. The van der Waals surface area contributed by atoms with Gasteiger partial charge in [-0.15, -0.1) is 0 Å². The molecule has 0 unspecified atom stereocenters. The maximum absolute atomic E-state index is 13.8. The second-order valence-corrected chi connectivity index (χ2v) is 9.30. The zero-order valence-electron chi connectivity index (χ0n) is 20.6. The van der Waals surface area contributed by atoms with Crippen LogP contribution in [0, 0.1) is 5.92 Å². The third kappa shape index (κ3) is 4.95. The van der Waals surface area contributed by atoms with Crippen molar-refractivity contribution >= 4 is 33.5 Å². The summed E-state index contributed by atoms with van der Waals surface area (Å²) in [7, 11) is 1.66. The van der Waals surface area contributed by atoms with Crippen molar-refractivity contribution in [3.63, 3.8) is 0 Å². The summed E-state index contributed by atoms with van der Waals surface area (Å²) in [6.45, 7) is 2.38. The second-order valence-electron chi connectivity index (χ2n) is 9.30. The molecule has 0 spiro atoms. The first-order valence-electron chi connectivity index (χ1n) is 12.6. The summed E-state index contributed by atoms with van der Waals surface area (Å²) >= 11 is 0. The molecule has 5 rings (SSSR count). The van der Waals surface area contributed by atoms with E-state index in [1.165, 1.54) is 0 Å². The molecule has 4 aromatic rings. The standard InChI is InChI=1S/C30H31N3O3/c1-36-19-7-16-31-29(34)22-14-17-33(18-15-22)30(35)26-20-28(32-27-13-5-4-11-25(26)27)24-12-6-9-21-8-2-3-10-23(21)24/h2-6,8-13,20,22H,7,14-19H2,1H3,(H,31,34). The number of likely N-dealkylation sites (tertiary alicyclic amines) is 1. The molecule has 1 aliphatic rings. The molecule has 1 N–H and O–H groups in total. The fraction of sp³-hybridized carbons (Fsp3) is 0.300. The topological polar surface area (TPSA) is 71.5 Å². The Kier molecular flexibility index (Phi) is 7.23. The fourth-order valence-electron chi connectivity index (χ4n) is 5.03. The van der Waals surface area contributed by atoms with Crippen molar-refractivity contribution in [2.45, 2.75) is 19.3 Å². The minimum absolute atomic E-state index is 0.00552. The van der Waals surface area contributed by atoms with Gasteiger partial charge in [-0.3, -0.25) is 9.59 Å². The fourth-order valence-corrected chi connectivity index (χ4v) is 5.03. The van der Waals surface area contributed by atoms with Crippen LogP contribution in [0.2, 0.25) is 0 Å². The highest BCUT2D eigenvalue weighted by atomic mass is 16.5. The summed E-state index contributed by atoms with van der Waals surface area (Å²) < 4.78 is 5.04. The Labute approximate surface area is 211 Å². The molecular formula is C30H31N3O3. The number of piperidine rings is 1. The summed E-state index contributed by atoms with van der Waals surface area (Å²) in [5.74, 6) is 0.0110. The number of amides is 2. The first kappa shape index (κ1) is 23.9. The van der Waals surface area contributed by atoms with Crippen LogP contribution in [-0.2, 0) is 9.53 Å². The van der Waals surface area contributed by atoms with Crippen LogP contribution in [-0.4, -0.2) is 55.0 Å². The lowest BCUT2D eigenvalue weighted by molar-refractivity contribution is -0.126. The number of carbonyl (C=O) groups is 2. The molecule has 0 saturated carbocycles. The maximum Gasteiger partial charge on any atom is 0.254 e. The van der Waals surface area contributed by atoms with Crippen LogP contribution in [0.25, 0.3) is 32.9 Å². The van der Waals surface area contributed by atoms with Crippen LogP contribution < -0.4 is 5.32 Å². The van der Waals surface area contributed by atoms with Crippen molar-refractivity contribution in [1.82, 2.24) is 15.2 Å². The first-order chi connectivity index (χ1) is 17.7. The van der Waals surface area contributed by atoms with Crippen LogP contribution in [0.3, 0.4) is 0 Å². The van der Waals surface area contributed by atoms with E-state index in [2.05, 4.69) is 29.6 Å². The number of rotatable bonds is 7. The third-order valence-electron chi connectivity index (χ3n) is 6.99. The average molecular weight is 482 g/mol. The van der Waals surface area contributed by atoms with Gasteiger partial charge in [-0.25, -0.2) is 4.98 Å². The number of para-hydroxylation sites is 1. The van der Waals surface area contributed by atoms with Crippen LogP contribution >= 0.6 is 0 Å². The highest BCUT2D eigenvalue weighted by molar-refractivity contribution is 6.08. The van der Waals surface area contributed by atoms with Gasteiger partial charge in [0.25, 0.3) is 5.91 Å². The quantitative estimate of drug-likeness (QED) is 0.375. The monoisotopic (exact) mass is 481 g/mol. The molecule has 184 valence electrons. The number of fused-ring (bicyclic) bond motifs is 2. The molecule has 1 saturated heterocycles. The number of pyridine rings is 1. The Bertz CT molecular complexity index is 1390. The Hall–Kier alpha value is -3.77. The highest BCUT2D eigenvalue weighted by Crippen LogP contribution is 2.31. The molecule has 0 bridgehead atoms. The number of aromatic nitrogens is 1. The molecule has 1 aromatic heterocycles. The van der Waals surface area contributed by atoms with Gasteiger partial charge in [0.1, 0.15) is 0 Å². The Morgan fingerprint density at radius 3 is 2.50 bits per heavy atom. The van der Waals surface area contributed by atoms with E-state index in [-0.39, 0.29) is 17.7 Å². The Balaban J connectivity index is 1.39. The van der Waals surface area contributed by atoms with Gasteiger partial charge in [-0.1, -0.05) is 60.7 Å². The van der Waals surface area contributed by atoms with Crippen LogP contribution in [0.1, 0.15) is 29.6 Å². The number of hydrogen-bond acceptors (Lipinski definition) is 4. The van der Waals surface area contributed by atoms with E-state index in [0.29, 0.717) is 44.6 Å². The number of benzene rings is 3. The summed E-state index contributed by atoms with van der Waals surface area (Å²) in [6, 6.07) is 24.2. The van der Waals surface area contributed by atoms with Crippen LogP contribution in [0.5, 0.6) is 0 Å². The van der Waals surface area contributed by atoms with Crippen molar-refractivity contribution in [2.24, 2.45) is 5.92 Å². The van der Waals surface area contributed by atoms with Gasteiger partial charge in [-0.2, -0.15) is 0 Å². The number of nitrogens with zero attached hydrogens (tertiary/aromatic N) is 2. The molecule has 6 heteroatoms. The maximum atomic E-state index is 13.8. The third-order valence-corrected chi connectivity index (χ3v) is 6.99. The lowest BCUT2D eigenvalue weighted by atomic mass is 9.94. The van der Waals surface area contributed by atoms with Crippen molar-refractivity contribution in [1.29, 1.82) is 0 Å². The lowest BCUT2D eigenvalue weighted by Gasteiger charge is -2.31. The predicted octanol–water partition coefficient (Wildman–Crippen LogP) is 5.06. The van der Waals surface area contributed by atoms with Gasteiger partial charge >= 0.3 is 0 Å². The normalized spacial score (nSPS) is 14.3.